The van der Waals surface area contributed by atoms with Crippen molar-refractivity contribution in [3.05, 3.63) is 84.3 Å². The molecule has 0 spiro atoms. The van der Waals surface area contributed by atoms with Gasteiger partial charge in [0, 0.05) is 25.7 Å². The molecule has 1 fully saturated rings. The highest BCUT2D eigenvalue weighted by Gasteiger charge is 2.29. The number of aryl methyl sites for hydroxylation is 1. The summed E-state index contributed by atoms with van der Waals surface area (Å²) >= 11 is 0. The number of aromatic nitrogens is 2. The van der Waals surface area contributed by atoms with Gasteiger partial charge in [-0.25, -0.2) is 4.98 Å². The molecule has 6 heteroatoms. The van der Waals surface area contributed by atoms with Gasteiger partial charge in [0.2, 0.25) is 11.8 Å². The zero-order chi connectivity index (χ0) is 23.0. The Balaban J connectivity index is 1.41. The van der Waals surface area contributed by atoms with Crippen molar-refractivity contribution in [1.29, 1.82) is 0 Å². The summed E-state index contributed by atoms with van der Waals surface area (Å²) in [6.45, 7) is 3.80. The lowest BCUT2D eigenvalue weighted by atomic mass is 9.97. The fraction of sp³-hybridized carbons (Fsp3) is 0.370. The van der Waals surface area contributed by atoms with Crippen LogP contribution in [0.3, 0.4) is 0 Å². The number of amides is 2. The van der Waals surface area contributed by atoms with E-state index in [1.54, 1.807) is 12.5 Å². The minimum absolute atomic E-state index is 0.0659. The summed E-state index contributed by atoms with van der Waals surface area (Å²) in [5.41, 5.74) is 2.14. The number of piperidine rings is 1. The zero-order valence-corrected chi connectivity index (χ0v) is 19.2. The summed E-state index contributed by atoms with van der Waals surface area (Å²) in [4.78, 5) is 32.3. The second kappa shape index (κ2) is 10.9. The molecule has 1 aliphatic rings. The van der Waals surface area contributed by atoms with Gasteiger partial charge >= 0.3 is 0 Å². The highest BCUT2D eigenvalue weighted by molar-refractivity contribution is 5.89. The van der Waals surface area contributed by atoms with Crippen LogP contribution in [-0.2, 0) is 16.0 Å². The SMILES string of the molecule is CC1CCN(C(=O)C(c2ccccc2)n2cnc(NC(=O)CCCc3ccccc3)c2)CC1. The van der Waals surface area contributed by atoms with Crippen molar-refractivity contribution in [2.45, 2.75) is 45.1 Å². The first kappa shape index (κ1) is 22.8. The largest absolute Gasteiger partial charge is 0.341 e. The number of nitrogens with zero attached hydrogens (tertiary/aromatic N) is 3. The van der Waals surface area contributed by atoms with E-state index in [1.807, 2.05) is 58.0 Å². The number of likely N-dealkylation sites (tertiary alicyclic amines) is 1. The van der Waals surface area contributed by atoms with E-state index in [9.17, 15) is 9.59 Å². The highest BCUT2D eigenvalue weighted by atomic mass is 16.2. The van der Waals surface area contributed by atoms with Crippen molar-refractivity contribution in [1.82, 2.24) is 14.5 Å². The molecule has 6 nitrogen and oxygen atoms in total. The third-order valence-corrected chi connectivity index (χ3v) is 6.32. The first-order chi connectivity index (χ1) is 16.1. The number of rotatable bonds is 8. The third kappa shape index (κ3) is 6.09. The van der Waals surface area contributed by atoms with Gasteiger partial charge < -0.3 is 14.8 Å². The molecule has 2 amide bonds. The molecule has 1 saturated heterocycles. The van der Waals surface area contributed by atoms with E-state index in [0.29, 0.717) is 18.2 Å². The Hall–Kier alpha value is -3.41. The summed E-state index contributed by atoms with van der Waals surface area (Å²) in [6, 6.07) is 19.4. The zero-order valence-electron chi connectivity index (χ0n) is 19.2. The Morgan fingerprint density at radius 3 is 2.39 bits per heavy atom. The van der Waals surface area contributed by atoms with E-state index in [-0.39, 0.29) is 11.8 Å². The molecule has 2 heterocycles. The van der Waals surface area contributed by atoms with Gasteiger partial charge in [-0.3, -0.25) is 9.59 Å². The number of anilines is 1. The predicted molar refractivity (Wildman–Crippen MR) is 130 cm³/mol. The molecule has 33 heavy (non-hydrogen) atoms. The monoisotopic (exact) mass is 444 g/mol. The maximum atomic E-state index is 13.5. The van der Waals surface area contributed by atoms with Crippen molar-refractivity contribution >= 4 is 17.6 Å². The van der Waals surface area contributed by atoms with Crippen LogP contribution < -0.4 is 5.32 Å². The number of carbonyl (C=O) groups excluding carboxylic acids is 2. The minimum Gasteiger partial charge on any atom is -0.341 e. The van der Waals surface area contributed by atoms with Gasteiger partial charge in [0.1, 0.15) is 6.04 Å². The molecular formula is C27H32N4O2. The van der Waals surface area contributed by atoms with Gasteiger partial charge in [-0.15, -0.1) is 0 Å². The predicted octanol–water partition coefficient (Wildman–Crippen LogP) is 4.69. The Morgan fingerprint density at radius 2 is 1.70 bits per heavy atom. The number of hydrogen-bond donors (Lipinski definition) is 1. The van der Waals surface area contributed by atoms with Gasteiger partial charge in [0.25, 0.3) is 0 Å². The van der Waals surface area contributed by atoms with Gasteiger partial charge in [-0.2, -0.15) is 0 Å². The summed E-state index contributed by atoms with van der Waals surface area (Å²) < 4.78 is 1.81. The first-order valence-electron chi connectivity index (χ1n) is 11.8. The average molecular weight is 445 g/mol. The Labute approximate surface area is 195 Å². The lowest BCUT2D eigenvalue weighted by Gasteiger charge is -2.33. The van der Waals surface area contributed by atoms with Gasteiger partial charge in [-0.1, -0.05) is 67.6 Å². The smallest absolute Gasteiger partial charge is 0.250 e. The van der Waals surface area contributed by atoms with Gasteiger partial charge in [0.05, 0.1) is 6.33 Å². The number of nitrogens with one attached hydrogen (secondary N) is 1. The van der Waals surface area contributed by atoms with Crippen LogP contribution in [0.4, 0.5) is 5.82 Å². The molecule has 0 saturated carbocycles. The van der Waals surface area contributed by atoms with Crippen LogP contribution in [0, 0.1) is 5.92 Å². The third-order valence-electron chi connectivity index (χ3n) is 6.32. The molecule has 1 atom stereocenters. The van der Waals surface area contributed by atoms with E-state index >= 15 is 0 Å². The molecule has 0 radical (unpaired) electrons. The quantitative estimate of drug-likeness (QED) is 0.548. The standard InChI is InChI=1S/C27H32N4O2/c1-21-15-17-30(18-16-21)27(33)26(23-12-6-3-7-13-23)31-19-24(28-20-31)29-25(32)14-8-11-22-9-4-2-5-10-22/h2-7,9-10,12-13,19-21,26H,8,11,14-18H2,1H3,(H,29,32). The van der Waals surface area contributed by atoms with Crippen molar-refractivity contribution in [3.63, 3.8) is 0 Å². The second-order valence-electron chi connectivity index (χ2n) is 8.91. The van der Waals surface area contributed by atoms with Crippen molar-refractivity contribution < 1.29 is 9.59 Å². The highest BCUT2D eigenvalue weighted by Crippen LogP contribution is 2.25. The molecule has 1 unspecified atom stereocenters. The molecule has 0 bridgehead atoms. The summed E-state index contributed by atoms with van der Waals surface area (Å²) in [5, 5.41) is 2.88. The average Bonchev–Trinajstić information content (AvgIpc) is 3.28. The van der Waals surface area contributed by atoms with E-state index in [1.165, 1.54) is 5.56 Å². The van der Waals surface area contributed by atoms with E-state index in [4.69, 9.17) is 0 Å². The topological polar surface area (TPSA) is 67.2 Å². The normalized spacial score (nSPS) is 15.2. The van der Waals surface area contributed by atoms with E-state index in [2.05, 4.69) is 29.4 Å². The van der Waals surface area contributed by atoms with Crippen LogP contribution >= 0.6 is 0 Å². The Kier molecular flexibility index (Phi) is 7.55. The summed E-state index contributed by atoms with van der Waals surface area (Å²) in [7, 11) is 0. The number of carbonyl (C=O) groups is 2. The first-order valence-corrected chi connectivity index (χ1v) is 11.8. The Morgan fingerprint density at radius 1 is 1.03 bits per heavy atom. The van der Waals surface area contributed by atoms with Crippen LogP contribution in [0.1, 0.15) is 49.8 Å². The molecular weight excluding hydrogens is 412 g/mol. The fourth-order valence-corrected chi connectivity index (χ4v) is 4.33. The van der Waals surface area contributed by atoms with Crippen LogP contribution in [-0.4, -0.2) is 39.4 Å². The van der Waals surface area contributed by atoms with Crippen LogP contribution in [0.25, 0.3) is 0 Å². The number of benzene rings is 2. The summed E-state index contributed by atoms with van der Waals surface area (Å²) in [5.74, 6) is 1.14. The van der Waals surface area contributed by atoms with Gasteiger partial charge in [-0.05, 0) is 42.7 Å². The minimum atomic E-state index is -0.490. The molecule has 3 aromatic rings. The fourth-order valence-electron chi connectivity index (χ4n) is 4.33. The number of hydrogen-bond acceptors (Lipinski definition) is 3. The molecule has 0 aliphatic carbocycles. The lowest BCUT2D eigenvalue weighted by molar-refractivity contribution is -0.134. The Bertz CT molecular complexity index is 1040. The van der Waals surface area contributed by atoms with Crippen LogP contribution in [0.5, 0.6) is 0 Å². The molecule has 1 aromatic heterocycles. The second-order valence-corrected chi connectivity index (χ2v) is 8.91. The molecule has 1 N–H and O–H groups in total. The van der Waals surface area contributed by atoms with E-state index in [0.717, 1.165) is 44.3 Å². The molecule has 172 valence electrons. The van der Waals surface area contributed by atoms with Crippen molar-refractivity contribution in [2.75, 3.05) is 18.4 Å². The molecule has 2 aromatic carbocycles. The number of imidazole rings is 1. The van der Waals surface area contributed by atoms with Crippen molar-refractivity contribution in [2.24, 2.45) is 5.92 Å². The van der Waals surface area contributed by atoms with Crippen LogP contribution in [0.15, 0.2) is 73.2 Å². The van der Waals surface area contributed by atoms with Crippen LogP contribution in [0.2, 0.25) is 0 Å². The maximum Gasteiger partial charge on any atom is 0.250 e. The lowest BCUT2D eigenvalue weighted by Crippen LogP contribution is -2.42. The maximum absolute atomic E-state index is 13.5. The van der Waals surface area contributed by atoms with Crippen molar-refractivity contribution in [3.8, 4) is 0 Å². The summed E-state index contributed by atoms with van der Waals surface area (Å²) in [6.07, 6.45) is 7.52. The van der Waals surface area contributed by atoms with E-state index < -0.39 is 6.04 Å². The molecule has 4 rings (SSSR count). The van der Waals surface area contributed by atoms with Gasteiger partial charge in [0.15, 0.2) is 5.82 Å². The molecule has 1 aliphatic heterocycles.